The third-order valence-corrected chi connectivity index (χ3v) is 5.40. The molecule has 0 atom stereocenters. The molecule has 146 valence electrons. The molecular weight excluding hydrogens is 338 g/mol. The smallest absolute Gasteiger partial charge is 0.228 e. The number of guanidine groups is 1. The van der Waals surface area contributed by atoms with Gasteiger partial charge >= 0.3 is 0 Å². The zero-order valence-electron chi connectivity index (χ0n) is 16.7. The van der Waals surface area contributed by atoms with Gasteiger partial charge in [0.05, 0.1) is 0 Å². The Labute approximate surface area is 161 Å². The quantitative estimate of drug-likeness (QED) is 0.578. The highest BCUT2D eigenvalue weighted by molar-refractivity contribution is 5.79. The van der Waals surface area contributed by atoms with Crippen LogP contribution >= 0.6 is 0 Å². The first-order valence-corrected chi connectivity index (χ1v) is 9.95. The Hall–Kier alpha value is -2.37. The number of benzene rings is 1. The molecule has 6 nitrogen and oxygen atoms in total. The van der Waals surface area contributed by atoms with E-state index in [9.17, 15) is 0 Å². The van der Waals surface area contributed by atoms with Crippen molar-refractivity contribution in [3.8, 4) is 0 Å². The monoisotopic (exact) mass is 369 g/mol. The molecular formula is C21H31N5O. The number of aliphatic imine (C=N–C) groups is 1. The molecule has 27 heavy (non-hydrogen) atoms. The van der Waals surface area contributed by atoms with Gasteiger partial charge in [0.25, 0.3) is 0 Å². The van der Waals surface area contributed by atoms with Gasteiger partial charge in [-0.1, -0.05) is 62.2 Å². The molecule has 1 aromatic heterocycles. The summed E-state index contributed by atoms with van der Waals surface area (Å²) in [5.74, 6) is 2.53. The average molecular weight is 370 g/mol. The summed E-state index contributed by atoms with van der Waals surface area (Å²) in [6.07, 6.45) is 5.71. The normalized spacial score (nSPS) is 16.7. The Morgan fingerprint density at radius 2 is 1.93 bits per heavy atom. The van der Waals surface area contributed by atoms with Crippen molar-refractivity contribution in [2.75, 3.05) is 20.1 Å². The summed E-state index contributed by atoms with van der Waals surface area (Å²) in [4.78, 5) is 8.78. The van der Waals surface area contributed by atoms with Gasteiger partial charge in [-0.05, 0) is 18.4 Å². The van der Waals surface area contributed by atoms with Crippen LogP contribution in [0.5, 0.6) is 0 Å². The van der Waals surface area contributed by atoms with Crippen LogP contribution in [0.25, 0.3) is 0 Å². The second-order valence-corrected chi connectivity index (χ2v) is 7.66. The topological polar surface area (TPSA) is 75.3 Å². The summed E-state index contributed by atoms with van der Waals surface area (Å²) in [5.41, 5.74) is 1.63. The zero-order chi connectivity index (χ0) is 19.1. The van der Waals surface area contributed by atoms with Gasteiger partial charge in [-0.25, -0.2) is 0 Å². The SMILES string of the molecule is CN=C(NCCc1nc(C(C)C)no1)NCC1(c2ccccc2)CCCC1. The Morgan fingerprint density at radius 1 is 1.19 bits per heavy atom. The minimum atomic E-state index is 0.206. The van der Waals surface area contributed by atoms with Crippen molar-refractivity contribution < 1.29 is 4.52 Å². The van der Waals surface area contributed by atoms with Crippen molar-refractivity contribution in [1.82, 2.24) is 20.8 Å². The van der Waals surface area contributed by atoms with Gasteiger partial charge in [-0.15, -0.1) is 0 Å². The fraction of sp³-hybridized carbons (Fsp3) is 0.571. The van der Waals surface area contributed by atoms with Crippen molar-refractivity contribution in [2.45, 2.75) is 57.3 Å². The summed E-state index contributed by atoms with van der Waals surface area (Å²) < 4.78 is 5.30. The van der Waals surface area contributed by atoms with Crippen molar-refractivity contribution in [1.29, 1.82) is 0 Å². The predicted octanol–water partition coefficient (Wildman–Crippen LogP) is 3.41. The predicted molar refractivity (Wildman–Crippen MR) is 108 cm³/mol. The summed E-state index contributed by atoms with van der Waals surface area (Å²) in [6, 6.07) is 10.9. The van der Waals surface area contributed by atoms with E-state index in [4.69, 9.17) is 4.52 Å². The number of nitrogens with zero attached hydrogens (tertiary/aromatic N) is 3. The van der Waals surface area contributed by atoms with Crippen molar-refractivity contribution in [3.63, 3.8) is 0 Å². The standard InChI is InChI=1S/C21H31N5O/c1-16(2)19-25-18(27-26-19)11-14-23-20(22-3)24-15-21(12-7-8-13-21)17-9-5-4-6-10-17/h4-6,9-10,16H,7-8,11-15H2,1-3H3,(H2,22,23,24). The van der Waals surface area contributed by atoms with Gasteiger partial charge < -0.3 is 15.2 Å². The lowest BCUT2D eigenvalue weighted by Crippen LogP contribution is -2.45. The Morgan fingerprint density at radius 3 is 2.56 bits per heavy atom. The van der Waals surface area contributed by atoms with Gasteiger partial charge in [0.2, 0.25) is 5.89 Å². The summed E-state index contributed by atoms with van der Waals surface area (Å²) in [5, 5.41) is 10.9. The number of aromatic nitrogens is 2. The van der Waals surface area contributed by atoms with Gasteiger partial charge in [0, 0.05) is 37.9 Å². The first-order valence-electron chi connectivity index (χ1n) is 9.95. The zero-order valence-corrected chi connectivity index (χ0v) is 16.7. The summed E-state index contributed by atoms with van der Waals surface area (Å²) in [7, 11) is 1.81. The van der Waals surface area contributed by atoms with Gasteiger partial charge in [-0.2, -0.15) is 4.98 Å². The first kappa shape index (κ1) is 19.4. The van der Waals surface area contributed by atoms with E-state index in [2.05, 4.69) is 69.9 Å². The maximum Gasteiger partial charge on any atom is 0.228 e. The molecule has 1 aliphatic rings. The molecule has 0 spiro atoms. The second kappa shape index (κ2) is 9.02. The average Bonchev–Trinajstić information content (AvgIpc) is 3.36. The molecule has 0 saturated heterocycles. The number of hydrogen-bond acceptors (Lipinski definition) is 4. The van der Waals surface area contributed by atoms with Gasteiger partial charge in [-0.3, -0.25) is 4.99 Å². The molecule has 1 saturated carbocycles. The van der Waals surface area contributed by atoms with Crippen LogP contribution in [0.15, 0.2) is 39.8 Å². The summed E-state index contributed by atoms with van der Waals surface area (Å²) in [6.45, 7) is 5.72. The van der Waals surface area contributed by atoms with Crippen molar-refractivity contribution >= 4 is 5.96 Å². The maximum absolute atomic E-state index is 5.30. The minimum Gasteiger partial charge on any atom is -0.356 e. The first-order chi connectivity index (χ1) is 13.1. The molecule has 0 unspecified atom stereocenters. The molecule has 3 rings (SSSR count). The third kappa shape index (κ3) is 4.87. The molecule has 0 radical (unpaired) electrons. The van der Waals surface area contributed by atoms with Crippen LogP contribution in [0.3, 0.4) is 0 Å². The molecule has 2 N–H and O–H groups in total. The molecule has 0 amide bonds. The minimum absolute atomic E-state index is 0.206. The fourth-order valence-electron chi connectivity index (χ4n) is 3.78. The van der Waals surface area contributed by atoms with Gasteiger partial charge in [0.15, 0.2) is 11.8 Å². The number of nitrogens with one attached hydrogen (secondary N) is 2. The molecule has 1 aromatic carbocycles. The second-order valence-electron chi connectivity index (χ2n) is 7.66. The lowest BCUT2D eigenvalue weighted by molar-refractivity contribution is 0.371. The molecule has 1 fully saturated rings. The van der Waals surface area contributed by atoms with Crippen LogP contribution in [-0.4, -0.2) is 36.2 Å². The van der Waals surface area contributed by atoms with E-state index >= 15 is 0 Å². The molecule has 1 aliphatic carbocycles. The highest BCUT2D eigenvalue weighted by Crippen LogP contribution is 2.40. The Balaban J connectivity index is 1.52. The van der Waals surface area contributed by atoms with Crippen LogP contribution in [0.1, 0.15) is 62.7 Å². The fourth-order valence-corrected chi connectivity index (χ4v) is 3.78. The highest BCUT2D eigenvalue weighted by Gasteiger charge is 2.35. The lowest BCUT2D eigenvalue weighted by Gasteiger charge is -2.30. The summed E-state index contributed by atoms with van der Waals surface area (Å²) >= 11 is 0. The van der Waals surface area contributed by atoms with Crippen LogP contribution in [0.4, 0.5) is 0 Å². The van der Waals surface area contributed by atoms with Crippen LogP contribution < -0.4 is 10.6 Å². The van der Waals surface area contributed by atoms with Crippen LogP contribution in [-0.2, 0) is 11.8 Å². The Bertz CT molecular complexity index is 732. The van der Waals surface area contributed by atoms with Crippen molar-refractivity contribution in [2.24, 2.45) is 4.99 Å². The highest BCUT2D eigenvalue weighted by atomic mass is 16.5. The van der Waals surface area contributed by atoms with E-state index in [0.717, 1.165) is 18.3 Å². The lowest BCUT2D eigenvalue weighted by atomic mass is 9.79. The molecule has 1 heterocycles. The molecule has 6 heteroatoms. The van der Waals surface area contributed by atoms with Crippen LogP contribution in [0, 0.1) is 0 Å². The van der Waals surface area contributed by atoms with E-state index in [0.29, 0.717) is 18.9 Å². The van der Waals surface area contributed by atoms with E-state index < -0.39 is 0 Å². The van der Waals surface area contributed by atoms with Gasteiger partial charge in [0.1, 0.15) is 0 Å². The van der Waals surface area contributed by atoms with Crippen molar-refractivity contribution in [3.05, 3.63) is 47.6 Å². The number of hydrogen-bond donors (Lipinski definition) is 2. The van der Waals surface area contributed by atoms with E-state index in [1.165, 1.54) is 31.2 Å². The van der Waals surface area contributed by atoms with E-state index in [-0.39, 0.29) is 11.3 Å². The molecule has 2 aromatic rings. The van der Waals surface area contributed by atoms with E-state index in [1.54, 1.807) is 0 Å². The molecule has 0 aliphatic heterocycles. The number of rotatable bonds is 7. The maximum atomic E-state index is 5.30. The van der Waals surface area contributed by atoms with E-state index in [1.807, 2.05) is 7.05 Å². The third-order valence-electron chi connectivity index (χ3n) is 5.40. The van der Waals surface area contributed by atoms with Crippen LogP contribution in [0.2, 0.25) is 0 Å². The molecule has 0 bridgehead atoms. The largest absolute Gasteiger partial charge is 0.356 e. The Kier molecular flexibility index (Phi) is 6.48.